The van der Waals surface area contributed by atoms with E-state index in [0.717, 1.165) is 17.9 Å². The van der Waals surface area contributed by atoms with Crippen molar-refractivity contribution >= 4 is 5.84 Å². The summed E-state index contributed by atoms with van der Waals surface area (Å²) in [6.45, 7) is 3.60. The van der Waals surface area contributed by atoms with E-state index in [1.807, 2.05) is 18.2 Å². The van der Waals surface area contributed by atoms with E-state index >= 15 is 0 Å². The van der Waals surface area contributed by atoms with Crippen LogP contribution in [0.2, 0.25) is 0 Å². The molecule has 2 rings (SSSR count). The van der Waals surface area contributed by atoms with Gasteiger partial charge in [-0.1, -0.05) is 17.3 Å². The summed E-state index contributed by atoms with van der Waals surface area (Å²) in [6.07, 6.45) is 0. The lowest BCUT2D eigenvalue weighted by atomic mass is 10.1. The number of benzene rings is 1. The molecule has 1 aromatic rings. The number of oxime groups is 1. The molecule has 1 aliphatic rings. The Labute approximate surface area is 100 Å². The maximum absolute atomic E-state index is 8.65. The number of ether oxygens (including phenoxy) is 1. The monoisotopic (exact) mass is 235 g/mol. The van der Waals surface area contributed by atoms with Crippen molar-refractivity contribution in [2.75, 3.05) is 13.7 Å². The minimum atomic E-state index is 0.0991. The third-order valence-electron chi connectivity index (χ3n) is 3.12. The van der Waals surface area contributed by atoms with Crippen LogP contribution in [0.3, 0.4) is 0 Å². The van der Waals surface area contributed by atoms with Gasteiger partial charge in [0.15, 0.2) is 5.84 Å². The van der Waals surface area contributed by atoms with Crippen LogP contribution in [0.1, 0.15) is 18.1 Å². The lowest BCUT2D eigenvalue weighted by molar-refractivity contribution is 0.189. The fourth-order valence-electron chi connectivity index (χ4n) is 1.80. The number of nitrogens with zero attached hydrogens (tertiary/aromatic N) is 2. The average Bonchev–Trinajstić information content (AvgIpc) is 2.48. The lowest BCUT2D eigenvalue weighted by Gasteiger charge is -2.19. The molecule has 0 bridgehead atoms. The van der Waals surface area contributed by atoms with Crippen molar-refractivity contribution in [1.82, 2.24) is 4.90 Å². The van der Waals surface area contributed by atoms with Crippen LogP contribution in [0.15, 0.2) is 23.4 Å². The maximum Gasteiger partial charge on any atom is 0.170 e. The van der Waals surface area contributed by atoms with E-state index in [9.17, 15) is 0 Å². The third kappa shape index (κ3) is 2.34. The Morgan fingerprint density at radius 2 is 2.35 bits per heavy atom. The van der Waals surface area contributed by atoms with Crippen LogP contribution in [0.5, 0.6) is 5.75 Å². The van der Waals surface area contributed by atoms with Crippen molar-refractivity contribution < 1.29 is 9.94 Å². The van der Waals surface area contributed by atoms with E-state index in [1.54, 1.807) is 0 Å². The number of nitrogens with two attached hydrogens (primary N) is 1. The maximum atomic E-state index is 8.65. The quantitative estimate of drug-likeness (QED) is 0.329. The molecule has 0 fully saturated rings. The van der Waals surface area contributed by atoms with Gasteiger partial charge >= 0.3 is 0 Å². The van der Waals surface area contributed by atoms with Gasteiger partial charge in [0.05, 0.1) is 0 Å². The molecule has 0 aromatic heterocycles. The highest BCUT2D eigenvalue weighted by atomic mass is 16.5. The summed E-state index contributed by atoms with van der Waals surface area (Å²) in [6, 6.07) is 5.98. The summed E-state index contributed by atoms with van der Waals surface area (Å²) in [5.41, 5.74) is 7.34. The predicted molar refractivity (Wildman–Crippen MR) is 65.4 cm³/mol. The number of amidine groups is 1. The van der Waals surface area contributed by atoms with Gasteiger partial charge in [0.25, 0.3) is 0 Å². The number of hydrogen-bond donors (Lipinski definition) is 2. The zero-order valence-electron chi connectivity index (χ0n) is 10.1. The number of hydrogen-bond acceptors (Lipinski definition) is 4. The molecule has 0 saturated carbocycles. The van der Waals surface area contributed by atoms with E-state index in [2.05, 4.69) is 24.0 Å². The Kier molecular flexibility index (Phi) is 3.19. The van der Waals surface area contributed by atoms with Crippen LogP contribution in [0.25, 0.3) is 0 Å². The van der Waals surface area contributed by atoms with Gasteiger partial charge in [-0.3, -0.25) is 4.90 Å². The summed E-state index contributed by atoms with van der Waals surface area (Å²) in [4.78, 5) is 2.23. The molecule has 17 heavy (non-hydrogen) atoms. The van der Waals surface area contributed by atoms with E-state index in [1.165, 1.54) is 0 Å². The minimum Gasteiger partial charge on any atom is -0.492 e. The van der Waals surface area contributed by atoms with Gasteiger partial charge in [0.1, 0.15) is 12.4 Å². The highest BCUT2D eigenvalue weighted by Gasteiger charge is 2.18. The van der Waals surface area contributed by atoms with E-state index in [4.69, 9.17) is 15.7 Å². The highest BCUT2D eigenvalue weighted by molar-refractivity contribution is 5.97. The Morgan fingerprint density at radius 1 is 1.59 bits per heavy atom. The van der Waals surface area contributed by atoms with Gasteiger partial charge in [-0.2, -0.15) is 0 Å². The largest absolute Gasteiger partial charge is 0.492 e. The number of likely N-dealkylation sites (N-methyl/N-ethyl adjacent to an activating group) is 1. The summed E-state index contributed by atoms with van der Waals surface area (Å²) in [5, 5.41) is 11.6. The molecule has 0 radical (unpaired) electrons. The standard InChI is InChI=1S/C12H17N3O2/c1-8-7-17-11-5-9(12(13)14-16)3-4-10(11)6-15(8)2/h3-5,8,16H,6-7H2,1-2H3,(H2,13,14). The van der Waals surface area contributed by atoms with E-state index in [-0.39, 0.29) is 5.84 Å². The fraction of sp³-hybridized carbons (Fsp3) is 0.417. The molecule has 1 heterocycles. The van der Waals surface area contributed by atoms with Gasteiger partial charge in [0.2, 0.25) is 0 Å². The normalized spacial score (nSPS) is 21.5. The molecule has 5 nitrogen and oxygen atoms in total. The minimum absolute atomic E-state index is 0.0991. The SMILES string of the molecule is CC1COc2cc(/C(N)=N/O)ccc2CN1C. The zero-order valence-corrected chi connectivity index (χ0v) is 10.1. The van der Waals surface area contributed by atoms with Crippen molar-refractivity contribution in [2.24, 2.45) is 10.9 Å². The van der Waals surface area contributed by atoms with E-state index in [0.29, 0.717) is 18.2 Å². The average molecular weight is 235 g/mol. The number of fused-ring (bicyclic) bond motifs is 1. The topological polar surface area (TPSA) is 71.1 Å². The van der Waals surface area contributed by atoms with Gasteiger partial charge < -0.3 is 15.7 Å². The smallest absolute Gasteiger partial charge is 0.170 e. The summed E-state index contributed by atoms with van der Waals surface area (Å²) >= 11 is 0. The third-order valence-corrected chi connectivity index (χ3v) is 3.12. The van der Waals surface area contributed by atoms with Crippen molar-refractivity contribution in [2.45, 2.75) is 19.5 Å². The molecule has 92 valence electrons. The Balaban J connectivity index is 2.34. The molecule has 0 spiro atoms. The van der Waals surface area contributed by atoms with Gasteiger partial charge in [-0.25, -0.2) is 0 Å². The van der Waals surface area contributed by atoms with Gasteiger partial charge in [-0.05, 0) is 20.0 Å². The molecule has 0 amide bonds. The van der Waals surface area contributed by atoms with Crippen LogP contribution in [0, 0.1) is 0 Å². The fourth-order valence-corrected chi connectivity index (χ4v) is 1.80. The first-order valence-corrected chi connectivity index (χ1v) is 5.55. The van der Waals surface area contributed by atoms with Crippen LogP contribution >= 0.6 is 0 Å². The first-order valence-electron chi connectivity index (χ1n) is 5.55. The molecule has 0 aliphatic carbocycles. The molecule has 1 aromatic carbocycles. The molecular formula is C12H17N3O2. The predicted octanol–water partition coefficient (Wildman–Crippen LogP) is 0.994. The highest BCUT2D eigenvalue weighted by Crippen LogP contribution is 2.25. The van der Waals surface area contributed by atoms with Crippen molar-refractivity contribution in [3.05, 3.63) is 29.3 Å². The first-order chi connectivity index (χ1) is 8.11. The van der Waals surface area contributed by atoms with E-state index < -0.39 is 0 Å². The van der Waals surface area contributed by atoms with Crippen LogP contribution < -0.4 is 10.5 Å². The summed E-state index contributed by atoms with van der Waals surface area (Å²) < 4.78 is 5.73. The van der Waals surface area contributed by atoms with Crippen LogP contribution in [0.4, 0.5) is 0 Å². The molecular weight excluding hydrogens is 218 g/mol. The molecule has 0 saturated heterocycles. The second kappa shape index (κ2) is 4.63. The van der Waals surface area contributed by atoms with Gasteiger partial charge in [-0.15, -0.1) is 0 Å². The molecule has 5 heteroatoms. The van der Waals surface area contributed by atoms with Crippen molar-refractivity contribution in [1.29, 1.82) is 0 Å². The Hall–Kier alpha value is -1.75. The Morgan fingerprint density at radius 3 is 3.06 bits per heavy atom. The van der Waals surface area contributed by atoms with Crippen molar-refractivity contribution in [3.8, 4) is 5.75 Å². The molecule has 3 N–H and O–H groups in total. The van der Waals surface area contributed by atoms with Gasteiger partial charge in [0, 0.05) is 23.7 Å². The summed E-state index contributed by atoms with van der Waals surface area (Å²) in [7, 11) is 2.07. The second-order valence-electron chi connectivity index (χ2n) is 4.38. The second-order valence-corrected chi connectivity index (χ2v) is 4.38. The first kappa shape index (κ1) is 11.7. The Bertz CT molecular complexity index is 445. The van der Waals surface area contributed by atoms with Crippen LogP contribution in [-0.2, 0) is 6.54 Å². The molecule has 1 unspecified atom stereocenters. The zero-order chi connectivity index (χ0) is 12.4. The molecule has 1 aliphatic heterocycles. The van der Waals surface area contributed by atoms with Crippen LogP contribution in [-0.4, -0.2) is 35.6 Å². The number of rotatable bonds is 1. The molecule has 1 atom stereocenters. The summed E-state index contributed by atoms with van der Waals surface area (Å²) in [5.74, 6) is 0.910. The van der Waals surface area contributed by atoms with Crippen molar-refractivity contribution in [3.63, 3.8) is 0 Å². The lowest BCUT2D eigenvalue weighted by Crippen LogP contribution is -2.31.